The number of benzene rings is 1. The predicted octanol–water partition coefficient (Wildman–Crippen LogP) is 2.24. The zero-order valence-electron chi connectivity index (χ0n) is 16.4. The summed E-state index contributed by atoms with van der Waals surface area (Å²) >= 11 is 0. The highest BCUT2D eigenvalue weighted by Gasteiger charge is 2.19. The summed E-state index contributed by atoms with van der Waals surface area (Å²) in [6.45, 7) is 13.6. The van der Waals surface area contributed by atoms with Crippen LogP contribution in [0.25, 0.3) is 0 Å². The van der Waals surface area contributed by atoms with Gasteiger partial charge in [0.2, 0.25) is 5.91 Å². The summed E-state index contributed by atoms with van der Waals surface area (Å²) in [5.41, 5.74) is 8.41. The number of carbonyl (C=O) groups is 1. The van der Waals surface area contributed by atoms with E-state index in [1.807, 2.05) is 6.92 Å². The quantitative estimate of drug-likeness (QED) is 0.723. The fourth-order valence-corrected chi connectivity index (χ4v) is 3.10. The zero-order valence-corrected chi connectivity index (χ0v) is 17.2. The Morgan fingerprint density at radius 2 is 1.62 bits per heavy atom. The second kappa shape index (κ2) is 11.5. The van der Waals surface area contributed by atoms with Crippen molar-refractivity contribution in [2.24, 2.45) is 11.7 Å². The van der Waals surface area contributed by atoms with Crippen molar-refractivity contribution in [2.75, 3.05) is 32.7 Å². The molecular formula is C20H35ClN4O. The van der Waals surface area contributed by atoms with E-state index in [9.17, 15) is 4.79 Å². The van der Waals surface area contributed by atoms with Crippen LogP contribution in [-0.2, 0) is 17.9 Å². The summed E-state index contributed by atoms with van der Waals surface area (Å²) in [6, 6.07) is 8.12. The van der Waals surface area contributed by atoms with Crippen molar-refractivity contribution in [3.8, 4) is 0 Å². The predicted molar refractivity (Wildman–Crippen MR) is 110 cm³/mol. The van der Waals surface area contributed by atoms with Gasteiger partial charge in [-0.25, -0.2) is 0 Å². The van der Waals surface area contributed by atoms with Crippen molar-refractivity contribution >= 4 is 18.3 Å². The normalized spacial score (nSPS) is 18.0. The summed E-state index contributed by atoms with van der Waals surface area (Å²) in [5, 5.41) is 2.95. The highest BCUT2D eigenvalue weighted by Crippen LogP contribution is 2.11. The van der Waals surface area contributed by atoms with E-state index in [1.54, 1.807) is 0 Å². The summed E-state index contributed by atoms with van der Waals surface area (Å²) < 4.78 is 0. The fourth-order valence-electron chi connectivity index (χ4n) is 3.10. The molecule has 1 aliphatic rings. The van der Waals surface area contributed by atoms with Crippen LogP contribution in [0, 0.1) is 5.92 Å². The van der Waals surface area contributed by atoms with Gasteiger partial charge in [-0.15, -0.1) is 12.4 Å². The molecule has 1 amide bonds. The molecule has 2 rings (SSSR count). The molecule has 148 valence electrons. The van der Waals surface area contributed by atoms with Gasteiger partial charge in [-0.2, -0.15) is 0 Å². The Bertz CT molecular complexity index is 529. The van der Waals surface area contributed by atoms with E-state index in [2.05, 4.69) is 53.2 Å². The molecule has 0 aliphatic carbocycles. The lowest BCUT2D eigenvalue weighted by molar-refractivity contribution is -0.123. The van der Waals surface area contributed by atoms with Crippen LogP contribution < -0.4 is 11.1 Å². The van der Waals surface area contributed by atoms with Crippen LogP contribution in [0.4, 0.5) is 0 Å². The monoisotopic (exact) mass is 382 g/mol. The first-order valence-electron chi connectivity index (χ1n) is 9.59. The number of likely N-dealkylation sites (N-methyl/N-ethyl adjacent to an activating group) is 1. The van der Waals surface area contributed by atoms with Crippen molar-refractivity contribution < 1.29 is 4.79 Å². The van der Waals surface area contributed by atoms with Gasteiger partial charge in [0.25, 0.3) is 0 Å². The van der Waals surface area contributed by atoms with E-state index in [-0.39, 0.29) is 24.2 Å². The number of nitrogens with zero attached hydrogens (tertiary/aromatic N) is 2. The van der Waals surface area contributed by atoms with Gasteiger partial charge in [0.1, 0.15) is 0 Å². The zero-order chi connectivity index (χ0) is 18.2. The van der Waals surface area contributed by atoms with E-state index in [0.29, 0.717) is 6.54 Å². The van der Waals surface area contributed by atoms with Gasteiger partial charge in [0, 0.05) is 39.3 Å². The molecule has 5 nitrogen and oxygen atoms in total. The minimum Gasteiger partial charge on any atom is -0.351 e. The van der Waals surface area contributed by atoms with Crippen molar-refractivity contribution in [1.82, 2.24) is 15.1 Å². The van der Waals surface area contributed by atoms with Crippen LogP contribution in [-0.4, -0.2) is 54.5 Å². The second-order valence-electron chi connectivity index (χ2n) is 7.16. The Morgan fingerprint density at radius 3 is 2.15 bits per heavy atom. The Balaban J connectivity index is 0.00000338. The van der Waals surface area contributed by atoms with Crippen LogP contribution in [0.3, 0.4) is 0 Å². The number of piperazine rings is 1. The Labute approximate surface area is 164 Å². The second-order valence-corrected chi connectivity index (χ2v) is 7.16. The van der Waals surface area contributed by atoms with Crippen LogP contribution in [0.1, 0.15) is 38.3 Å². The molecule has 0 aromatic heterocycles. The molecular weight excluding hydrogens is 348 g/mol. The molecule has 1 saturated heterocycles. The molecule has 26 heavy (non-hydrogen) atoms. The van der Waals surface area contributed by atoms with Crippen molar-refractivity contribution in [2.45, 2.75) is 46.3 Å². The lowest BCUT2D eigenvalue weighted by Crippen LogP contribution is -2.45. The lowest BCUT2D eigenvalue weighted by atomic mass is 9.99. The molecule has 6 heteroatoms. The fraction of sp³-hybridized carbons (Fsp3) is 0.650. The number of hydrogen-bond donors (Lipinski definition) is 2. The van der Waals surface area contributed by atoms with Crippen molar-refractivity contribution in [3.05, 3.63) is 35.4 Å². The number of nitrogens with two attached hydrogens (primary N) is 1. The third-order valence-electron chi connectivity index (χ3n) is 5.37. The molecule has 1 heterocycles. The maximum absolute atomic E-state index is 12.1. The Hall–Kier alpha value is -1.14. The maximum Gasteiger partial charge on any atom is 0.237 e. The molecule has 2 unspecified atom stereocenters. The summed E-state index contributed by atoms with van der Waals surface area (Å²) in [6.07, 6.45) is 0.912. The number of rotatable bonds is 8. The van der Waals surface area contributed by atoms with Crippen LogP contribution in [0.2, 0.25) is 0 Å². The third kappa shape index (κ3) is 6.88. The third-order valence-corrected chi connectivity index (χ3v) is 5.37. The van der Waals surface area contributed by atoms with Gasteiger partial charge in [-0.05, 0) is 23.6 Å². The largest absolute Gasteiger partial charge is 0.351 e. The molecule has 1 aromatic rings. The average molecular weight is 383 g/mol. The summed E-state index contributed by atoms with van der Waals surface area (Å²) in [4.78, 5) is 17.1. The molecule has 1 fully saturated rings. The highest BCUT2D eigenvalue weighted by molar-refractivity contribution is 5.85. The number of amides is 1. The molecule has 0 radical (unpaired) electrons. The van der Waals surface area contributed by atoms with Gasteiger partial charge in [0.15, 0.2) is 0 Å². The molecule has 1 aliphatic heterocycles. The van der Waals surface area contributed by atoms with Gasteiger partial charge >= 0.3 is 0 Å². The smallest absolute Gasteiger partial charge is 0.237 e. The molecule has 0 bridgehead atoms. The van der Waals surface area contributed by atoms with Gasteiger partial charge < -0.3 is 16.0 Å². The molecule has 1 aromatic carbocycles. The number of nitrogens with one attached hydrogen (secondary N) is 1. The SMILES string of the molecule is CCC(C)C(N)C(=O)NCc1ccc(CN2CCN(CC)CC2)cc1.Cl. The minimum atomic E-state index is -0.425. The number of hydrogen-bond acceptors (Lipinski definition) is 4. The number of halogens is 1. The van der Waals surface area contributed by atoms with E-state index < -0.39 is 6.04 Å². The van der Waals surface area contributed by atoms with E-state index in [0.717, 1.165) is 51.3 Å². The molecule has 0 saturated carbocycles. The van der Waals surface area contributed by atoms with E-state index in [1.165, 1.54) is 5.56 Å². The summed E-state index contributed by atoms with van der Waals surface area (Å²) in [7, 11) is 0. The van der Waals surface area contributed by atoms with Gasteiger partial charge in [0.05, 0.1) is 6.04 Å². The number of carbonyl (C=O) groups excluding carboxylic acids is 1. The Morgan fingerprint density at radius 1 is 1.08 bits per heavy atom. The minimum absolute atomic E-state index is 0. The van der Waals surface area contributed by atoms with Crippen LogP contribution >= 0.6 is 12.4 Å². The van der Waals surface area contributed by atoms with E-state index >= 15 is 0 Å². The summed E-state index contributed by atoms with van der Waals surface area (Å²) in [5.74, 6) is 0.141. The average Bonchev–Trinajstić information content (AvgIpc) is 2.66. The van der Waals surface area contributed by atoms with Gasteiger partial charge in [-0.3, -0.25) is 9.69 Å². The maximum atomic E-state index is 12.1. The van der Waals surface area contributed by atoms with Crippen molar-refractivity contribution in [1.29, 1.82) is 0 Å². The lowest BCUT2D eigenvalue weighted by Gasteiger charge is -2.34. The van der Waals surface area contributed by atoms with E-state index in [4.69, 9.17) is 5.73 Å². The molecule has 0 spiro atoms. The van der Waals surface area contributed by atoms with Crippen LogP contribution in [0.5, 0.6) is 0 Å². The first-order valence-corrected chi connectivity index (χ1v) is 9.59. The topological polar surface area (TPSA) is 61.6 Å². The highest BCUT2D eigenvalue weighted by atomic mass is 35.5. The Kier molecular flexibility index (Phi) is 10.2. The van der Waals surface area contributed by atoms with Crippen molar-refractivity contribution in [3.63, 3.8) is 0 Å². The molecule has 2 atom stereocenters. The first-order chi connectivity index (χ1) is 12.0. The standard InChI is InChI=1S/C20H34N4O.ClH/c1-4-16(3)19(21)20(25)22-14-17-6-8-18(9-7-17)15-24-12-10-23(5-2)11-13-24;/h6-9,16,19H,4-5,10-15,21H2,1-3H3,(H,22,25);1H. The van der Waals surface area contributed by atoms with Gasteiger partial charge in [-0.1, -0.05) is 51.5 Å². The first kappa shape index (κ1) is 22.9. The molecule has 3 N–H and O–H groups in total. The van der Waals surface area contributed by atoms with Crippen LogP contribution in [0.15, 0.2) is 24.3 Å².